The van der Waals surface area contributed by atoms with Crippen molar-refractivity contribution in [3.8, 4) is 11.6 Å². The lowest BCUT2D eigenvalue weighted by molar-refractivity contribution is 0.399. The van der Waals surface area contributed by atoms with Crippen molar-refractivity contribution in [3.05, 3.63) is 44.6 Å². The van der Waals surface area contributed by atoms with Crippen LogP contribution in [0.1, 0.15) is 11.1 Å². The van der Waals surface area contributed by atoms with Gasteiger partial charge in [0.2, 0.25) is 5.88 Å². The van der Waals surface area contributed by atoms with Gasteiger partial charge in [-0.2, -0.15) is 4.98 Å². The molecule has 0 spiro atoms. The third-order valence-corrected chi connectivity index (χ3v) is 4.23. The van der Waals surface area contributed by atoms with Gasteiger partial charge in [-0.25, -0.2) is 0 Å². The molecule has 0 aliphatic rings. The Morgan fingerprint density at radius 1 is 1.29 bits per heavy atom. The summed E-state index contributed by atoms with van der Waals surface area (Å²) in [7, 11) is 1.60. The molecule has 6 heteroatoms. The van der Waals surface area contributed by atoms with E-state index < -0.39 is 0 Å². The standard InChI is InChI=1S/C15H14BrN3OS/c1-8-6-9(2)13(10(16)7-8)19-14-11(17-15(19)21)4-5-12(18-14)20-3/h4-7H,1-3H3,(H,17,21). The Bertz CT molecular complexity index is 875. The highest BCUT2D eigenvalue weighted by atomic mass is 79.9. The minimum Gasteiger partial charge on any atom is -0.481 e. The SMILES string of the molecule is COc1ccc2[nH]c(=S)n(-c3c(C)cc(C)cc3Br)c2n1. The van der Waals surface area contributed by atoms with Crippen molar-refractivity contribution in [3.63, 3.8) is 0 Å². The number of aromatic amines is 1. The highest BCUT2D eigenvalue weighted by Crippen LogP contribution is 2.30. The van der Waals surface area contributed by atoms with E-state index in [1.54, 1.807) is 7.11 Å². The molecule has 2 aromatic heterocycles. The minimum absolute atomic E-state index is 0.561. The van der Waals surface area contributed by atoms with Crippen LogP contribution in [0, 0.1) is 18.6 Å². The number of halogens is 1. The first kappa shape index (κ1) is 14.3. The zero-order chi connectivity index (χ0) is 15.1. The number of ether oxygens (including phenoxy) is 1. The Hall–Kier alpha value is -1.66. The van der Waals surface area contributed by atoms with Gasteiger partial charge >= 0.3 is 0 Å². The first-order chi connectivity index (χ1) is 10.0. The summed E-state index contributed by atoms with van der Waals surface area (Å²) in [6, 6.07) is 7.93. The quantitative estimate of drug-likeness (QED) is 0.683. The maximum Gasteiger partial charge on any atom is 0.215 e. The molecule has 0 saturated heterocycles. The van der Waals surface area contributed by atoms with Gasteiger partial charge in [0.1, 0.15) is 0 Å². The number of aromatic nitrogens is 3. The molecular formula is C15H14BrN3OS. The predicted octanol–water partition coefficient (Wildman–Crippen LogP) is 4.47. The fourth-order valence-corrected chi connectivity index (χ4v) is 3.62. The molecule has 0 aliphatic heterocycles. The number of rotatable bonds is 2. The summed E-state index contributed by atoms with van der Waals surface area (Å²) < 4.78 is 8.75. The van der Waals surface area contributed by atoms with Gasteiger partial charge in [-0.1, -0.05) is 6.07 Å². The lowest BCUT2D eigenvalue weighted by atomic mass is 10.1. The highest BCUT2D eigenvalue weighted by Gasteiger charge is 2.14. The van der Waals surface area contributed by atoms with E-state index in [0.29, 0.717) is 10.7 Å². The fraction of sp³-hybridized carbons (Fsp3) is 0.200. The average molecular weight is 364 g/mol. The van der Waals surface area contributed by atoms with Crippen molar-refractivity contribution in [2.45, 2.75) is 13.8 Å². The van der Waals surface area contributed by atoms with Crippen molar-refractivity contribution < 1.29 is 4.74 Å². The fourth-order valence-electron chi connectivity index (χ4n) is 2.48. The number of imidazole rings is 1. The van der Waals surface area contributed by atoms with E-state index in [1.165, 1.54) is 5.56 Å². The number of aryl methyl sites for hydroxylation is 2. The van der Waals surface area contributed by atoms with Gasteiger partial charge in [-0.15, -0.1) is 0 Å². The highest BCUT2D eigenvalue weighted by molar-refractivity contribution is 9.10. The number of nitrogens with zero attached hydrogens (tertiary/aromatic N) is 2. The van der Waals surface area contributed by atoms with Gasteiger partial charge in [-0.3, -0.25) is 4.57 Å². The molecule has 0 amide bonds. The molecule has 0 fully saturated rings. The summed E-state index contributed by atoms with van der Waals surface area (Å²) in [4.78, 5) is 7.70. The number of fused-ring (bicyclic) bond motifs is 1. The largest absolute Gasteiger partial charge is 0.481 e. The first-order valence-electron chi connectivity index (χ1n) is 6.44. The van der Waals surface area contributed by atoms with Crippen LogP contribution in [0.25, 0.3) is 16.9 Å². The van der Waals surface area contributed by atoms with Crippen LogP contribution in [0.2, 0.25) is 0 Å². The maximum absolute atomic E-state index is 5.47. The van der Waals surface area contributed by atoms with Crippen molar-refractivity contribution in [2.24, 2.45) is 0 Å². The summed E-state index contributed by atoms with van der Waals surface area (Å²) >= 11 is 9.11. The molecule has 1 aromatic carbocycles. The summed E-state index contributed by atoms with van der Waals surface area (Å²) in [6.45, 7) is 4.13. The molecule has 108 valence electrons. The molecule has 21 heavy (non-hydrogen) atoms. The van der Waals surface area contributed by atoms with E-state index in [1.807, 2.05) is 16.7 Å². The van der Waals surface area contributed by atoms with Crippen molar-refractivity contribution in [2.75, 3.05) is 7.11 Å². The monoisotopic (exact) mass is 363 g/mol. The van der Waals surface area contributed by atoms with E-state index in [-0.39, 0.29) is 0 Å². The Morgan fingerprint density at radius 2 is 2.05 bits per heavy atom. The van der Waals surface area contributed by atoms with Crippen LogP contribution in [0.3, 0.4) is 0 Å². The van der Waals surface area contributed by atoms with Gasteiger partial charge < -0.3 is 9.72 Å². The molecule has 0 saturated carbocycles. The van der Waals surface area contributed by atoms with Crippen LogP contribution >= 0.6 is 28.1 Å². The summed E-state index contributed by atoms with van der Waals surface area (Å²) in [5, 5.41) is 0. The molecule has 0 atom stereocenters. The van der Waals surface area contributed by atoms with Crippen LogP contribution in [-0.2, 0) is 0 Å². The van der Waals surface area contributed by atoms with Crippen LogP contribution in [0.5, 0.6) is 5.88 Å². The summed E-state index contributed by atoms with van der Waals surface area (Å²) in [5.41, 5.74) is 4.96. The van der Waals surface area contributed by atoms with Crippen LogP contribution < -0.4 is 4.74 Å². The van der Waals surface area contributed by atoms with Gasteiger partial charge in [-0.05, 0) is 65.3 Å². The van der Waals surface area contributed by atoms with E-state index in [0.717, 1.165) is 26.9 Å². The summed E-state index contributed by atoms with van der Waals surface area (Å²) in [5.74, 6) is 0.561. The van der Waals surface area contributed by atoms with Gasteiger partial charge in [0, 0.05) is 10.5 Å². The second-order valence-corrected chi connectivity index (χ2v) is 6.14. The lowest BCUT2D eigenvalue weighted by Gasteiger charge is -2.12. The van der Waals surface area contributed by atoms with E-state index in [9.17, 15) is 0 Å². The number of H-pyrrole nitrogens is 1. The second kappa shape index (κ2) is 5.27. The first-order valence-corrected chi connectivity index (χ1v) is 7.64. The Labute approximate surface area is 135 Å². The third-order valence-electron chi connectivity index (χ3n) is 3.34. The number of benzene rings is 1. The van der Waals surface area contributed by atoms with Gasteiger partial charge in [0.05, 0.1) is 18.3 Å². The lowest BCUT2D eigenvalue weighted by Crippen LogP contribution is -2.01. The summed E-state index contributed by atoms with van der Waals surface area (Å²) in [6.07, 6.45) is 0. The Balaban J connectivity index is 2.40. The zero-order valence-corrected chi connectivity index (χ0v) is 14.3. The van der Waals surface area contributed by atoms with Crippen molar-refractivity contribution in [1.29, 1.82) is 0 Å². The van der Waals surface area contributed by atoms with Crippen LogP contribution in [-0.4, -0.2) is 21.6 Å². The number of nitrogens with one attached hydrogen (secondary N) is 1. The predicted molar refractivity (Wildman–Crippen MR) is 90.0 cm³/mol. The van der Waals surface area contributed by atoms with E-state index in [2.05, 4.69) is 51.9 Å². The zero-order valence-electron chi connectivity index (χ0n) is 11.9. The normalized spacial score (nSPS) is 11.0. The Morgan fingerprint density at radius 3 is 2.71 bits per heavy atom. The smallest absolute Gasteiger partial charge is 0.215 e. The topological polar surface area (TPSA) is 42.8 Å². The minimum atomic E-state index is 0.561. The number of hydrogen-bond donors (Lipinski definition) is 1. The van der Waals surface area contributed by atoms with Crippen molar-refractivity contribution in [1.82, 2.24) is 14.5 Å². The molecule has 0 aliphatic carbocycles. The molecule has 2 heterocycles. The maximum atomic E-state index is 5.47. The van der Waals surface area contributed by atoms with E-state index >= 15 is 0 Å². The van der Waals surface area contributed by atoms with Gasteiger partial charge in [0.25, 0.3) is 0 Å². The number of methoxy groups -OCH3 is 1. The van der Waals surface area contributed by atoms with Crippen LogP contribution in [0.4, 0.5) is 0 Å². The molecule has 3 aromatic rings. The molecule has 0 radical (unpaired) electrons. The second-order valence-electron chi connectivity index (χ2n) is 4.90. The van der Waals surface area contributed by atoms with Crippen LogP contribution in [0.15, 0.2) is 28.7 Å². The van der Waals surface area contributed by atoms with E-state index in [4.69, 9.17) is 17.0 Å². The van der Waals surface area contributed by atoms with Crippen molar-refractivity contribution >= 4 is 39.3 Å². The molecule has 3 rings (SSSR count). The molecule has 4 nitrogen and oxygen atoms in total. The third kappa shape index (κ3) is 2.38. The average Bonchev–Trinajstić information content (AvgIpc) is 2.73. The number of hydrogen-bond acceptors (Lipinski definition) is 3. The molecular weight excluding hydrogens is 350 g/mol. The Kier molecular flexibility index (Phi) is 3.59. The molecule has 0 unspecified atom stereocenters. The molecule has 0 bridgehead atoms. The van der Waals surface area contributed by atoms with Gasteiger partial charge in [0.15, 0.2) is 10.4 Å². The number of pyridine rings is 1. The molecule has 1 N–H and O–H groups in total.